The Kier molecular flexibility index (Phi) is 6.22. The van der Waals surface area contributed by atoms with E-state index in [0.717, 1.165) is 17.7 Å². The van der Waals surface area contributed by atoms with Gasteiger partial charge in [-0.05, 0) is 30.2 Å². The maximum Gasteiger partial charge on any atom is 0.274 e. The normalized spacial score (nSPS) is 10.3. The first-order valence-electron chi connectivity index (χ1n) is 8.41. The molecular weight excluding hydrogens is 364 g/mol. The summed E-state index contributed by atoms with van der Waals surface area (Å²) in [7, 11) is 1.65. The molecule has 0 unspecified atom stereocenters. The molecule has 138 valence electrons. The molecule has 1 heterocycles. The van der Waals surface area contributed by atoms with Crippen molar-refractivity contribution in [1.29, 1.82) is 0 Å². The van der Waals surface area contributed by atoms with E-state index in [4.69, 9.17) is 16.3 Å². The number of nitrogens with one attached hydrogen (secondary N) is 2. The number of anilines is 2. The van der Waals surface area contributed by atoms with Crippen molar-refractivity contribution < 1.29 is 9.53 Å². The average molecular weight is 383 g/mol. The summed E-state index contributed by atoms with van der Waals surface area (Å²) in [4.78, 5) is 20.6. The third-order valence-electron chi connectivity index (χ3n) is 3.91. The molecule has 2 N–H and O–H groups in total. The summed E-state index contributed by atoms with van der Waals surface area (Å²) in [6.07, 6.45) is 2.11. The summed E-state index contributed by atoms with van der Waals surface area (Å²) in [6.45, 7) is 0.642. The van der Waals surface area contributed by atoms with Crippen LogP contribution in [0.4, 0.5) is 11.5 Å². The van der Waals surface area contributed by atoms with Crippen LogP contribution in [-0.2, 0) is 6.42 Å². The Morgan fingerprint density at radius 1 is 1.11 bits per heavy atom. The number of nitrogens with zero attached hydrogens (tertiary/aromatic N) is 2. The van der Waals surface area contributed by atoms with Gasteiger partial charge in [0.1, 0.15) is 23.6 Å². The van der Waals surface area contributed by atoms with Crippen molar-refractivity contribution in [3.05, 3.63) is 77.2 Å². The number of carbonyl (C=O) groups excluding carboxylic acids is 1. The third kappa shape index (κ3) is 4.95. The first-order valence-corrected chi connectivity index (χ1v) is 8.79. The molecule has 27 heavy (non-hydrogen) atoms. The average Bonchev–Trinajstić information content (AvgIpc) is 2.70. The monoisotopic (exact) mass is 382 g/mol. The summed E-state index contributed by atoms with van der Waals surface area (Å²) in [5.41, 5.74) is 1.89. The Morgan fingerprint density at radius 3 is 2.70 bits per heavy atom. The van der Waals surface area contributed by atoms with E-state index in [9.17, 15) is 4.79 Å². The van der Waals surface area contributed by atoms with E-state index in [1.165, 1.54) is 6.33 Å². The zero-order valence-corrected chi connectivity index (χ0v) is 15.5. The van der Waals surface area contributed by atoms with Crippen LogP contribution in [0.1, 0.15) is 16.1 Å². The molecule has 0 aliphatic heterocycles. The second-order valence-corrected chi connectivity index (χ2v) is 6.12. The number of amides is 1. The van der Waals surface area contributed by atoms with Crippen molar-refractivity contribution in [3.8, 4) is 5.75 Å². The molecule has 2 aromatic carbocycles. The lowest BCUT2D eigenvalue weighted by molar-refractivity contribution is 0.102. The Balaban J connectivity index is 1.62. The second-order valence-electron chi connectivity index (χ2n) is 5.71. The first-order chi connectivity index (χ1) is 13.2. The molecule has 0 saturated heterocycles. The number of methoxy groups -OCH3 is 1. The van der Waals surface area contributed by atoms with Gasteiger partial charge in [-0.15, -0.1) is 0 Å². The summed E-state index contributed by atoms with van der Waals surface area (Å²) >= 11 is 6.07. The van der Waals surface area contributed by atoms with Crippen molar-refractivity contribution in [1.82, 2.24) is 9.97 Å². The Hall–Kier alpha value is -3.12. The van der Waals surface area contributed by atoms with Gasteiger partial charge in [-0.3, -0.25) is 4.79 Å². The summed E-state index contributed by atoms with van der Waals surface area (Å²) < 4.78 is 5.35. The molecule has 3 rings (SSSR count). The van der Waals surface area contributed by atoms with Gasteiger partial charge >= 0.3 is 0 Å². The van der Waals surface area contributed by atoms with E-state index >= 15 is 0 Å². The molecule has 1 amide bonds. The summed E-state index contributed by atoms with van der Waals surface area (Å²) in [6, 6.07) is 16.5. The summed E-state index contributed by atoms with van der Waals surface area (Å²) in [5, 5.41) is 6.42. The van der Waals surface area contributed by atoms with Crippen molar-refractivity contribution in [2.24, 2.45) is 0 Å². The first kappa shape index (κ1) is 18.7. The lowest BCUT2D eigenvalue weighted by Gasteiger charge is -2.10. The van der Waals surface area contributed by atoms with E-state index in [2.05, 4.69) is 20.6 Å². The van der Waals surface area contributed by atoms with Crippen LogP contribution in [0.3, 0.4) is 0 Å². The highest BCUT2D eigenvalue weighted by atomic mass is 35.5. The minimum atomic E-state index is -0.349. The topological polar surface area (TPSA) is 76.1 Å². The van der Waals surface area contributed by atoms with Crippen molar-refractivity contribution in [2.45, 2.75) is 6.42 Å². The van der Waals surface area contributed by atoms with Crippen LogP contribution in [-0.4, -0.2) is 29.5 Å². The summed E-state index contributed by atoms with van der Waals surface area (Å²) in [5.74, 6) is 1.07. The minimum Gasteiger partial charge on any atom is -0.496 e. The number of para-hydroxylation sites is 2. The molecule has 0 saturated carbocycles. The molecule has 0 aliphatic carbocycles. The van der Waals surface area contributed by atoms with E-state index < -0.39 is 0 Å². The van der Waals surface area contributed by atoms with Gasteiger partial charge in [-0.1, -0.05) is 41.9 Å². The van der Waals surface area contributed by atoms with Crippen LogP contribution in [0.25, 0.3) is 0 Å². The number of halogens is 1. The van der Waals surface area contributed by atoms with Crippen LogP contribution in [0.2, 0.25) is 5.02 Å². The van der Waals surface area contributed by atoms with E-state index in [1.54, 1.807) is 37.4 Å². The fourth-order valence-electron chi connectivity index (χ4n) is 2.56. The number of benzene rings is 2. The highest BCUT2D eigenvalue weighted by Crippen LogP contribution is 2.21. The quantitative estimate of drug-likeness (QED) is 0.644. The maximum atomic E-state index is 12.4. The van der Waals surface area contributed by atoms with Gasteiger partial charge in [0.15, 0.2) is 0 Å². The molecule has 3 aromatic rings. The van der Waals surface area contributed by atoms with E-state index in [0.29, 0.717) is 23.1 Å². The van der Waals surface area contributed by atoms with E-state index in [-0.39, 0.29) is 11.6 Å². The number of ether oxygens (including phenoxy) is 1. The molecule has 7 heteroatoms. The zero-order valence-electron chi connectivity index (χ0n) is 14.8. The van der Waals surface area contributed by atoms with Crippen LogP contribution >= 0.6 is 11.6 Å². The number of hydrogen-bond donors (Lipinski definition) is 2. The van der Waals surface area contributed by atoms with Crippen molar-refractivity contribution >= 4 is 29.0 Å². The largest absolute Gasteiger partial charge is 0.496 e. The number of aromatic nitrogens is 2. The van der Waals surface area contributed by atoms with Crippen molar-refractivity contribution in [3.63, 3.8) is 0 Å². The van der Waals surface area contributed by atoms with Crippen LogP contribution in [0.5, 0.6) is 5.75 Å². The number of rotatable bonds is 7. The molecule has 0 radical (unpaired) electrons. The van der Waals surface area contributed by atoms with Gasteiger partial charge in [0.05, 0.1) is 17.8 Å². The molecular formula is C20H19ClN4O2. The lowest BCUT2D eigenvalue weighted by atomic mass is 10.1. The fourth-order valence-corrected chi connectivity index (χ4v) is 2.74. The van der Waals surface area contributed by atoms with Crippen LogP contribution in [0, 0.1) is 0 Å². The smallest absolute Gasteiger partial charge is 0.274 e. The standard InChI is InChI=1S/C20H19ClN4O2/c1-27-18-9-5-2-6-14(18)10-11-22-19-12-17(23-13-24-19)20(26)25-16-8-4-3-7-15(16)21/h2-9,12-13H,10-11H2,1H3,(H,25,26)(H,22,23,24). The SMILES string of the molecule is COc1ccccc1CCNc1cc(C(=O)Nc2ccccc2Cl)ncn1. The lowest BCUT2D eigenvalue weighted by Crippen LogP contribution is -2.15. The number of hydrogen-bond acceptors (Lipinski definition) is 5. The highest BCUT2D eigenvalue weighted by molar-refractivity contribution is 6.33. The Morgan fingerprint density at radius 2 is 1.89 bits per heavy atom. The second kappa shape index (κ2) is 9.00. The van der Waals surface area contributed by atoms with Gasteiger partial charge in [0.2, 0.25) is 0 Å². The molecule has 0 aliphatic rings. The van der Waals surface area contributed by atoms with Crippen molar-refractivity contribution in [2.75, 3.05) is 24.3 Å². The molecule has 0 spiro atoms. The molecule has 1 aromatic heterocycles. The molecule has 6 nitrogen and oxygen atoms in total. The van der Waals surface area contributed by atoms with Gasteiger partial charge in [0, 0.05) is 12.6 Å². The van der Waals surface area contributed by atoms with Gasteiger partial charge in [0.25, 0.3) is 5.91 Å². The molecule has 0 fully saturated rings. The third-order valence-corrected chi connectivity index (χ3v) is 4.24. The highest BCUT2D eigenvalue weighted by Gasteiger charge is 2.11. The maximum absolute atomic E-state index is 12.4. The van der Waals surface area contributed by atoms with Gasteiger partial charge in [-0.25, -0.2) is 9.97 Å². The predicted molar refractivity (Wildman–Crippen MR) is 107 cm³/mol. The Bertz CT molecular complexity index is 933. The van der Waals surface area contributed by atoms with Crippen LogP contribution in [0.15, 0.2) is 60.9 Å². The number of carbonyl (C=O) groups is 1. The van der Waals surface area contributed by atoms with E-state index in [1.807, 2.05) is 24.3 Å². The zero-order chi connectivity index (χ0) is 19.1. The van der Waals surface area contributed by atoms with Crippen LogP contribution < -0.4 is 15.4 Å². The Labute approximate surface area is 162 Å². The molecule has 0 atom stereocenters. The van der Waals surface area contributed by atoms with Gasteiger partial charge in [-0.2, -0.15) is 0 Å². The molecule has 0 bridgehead atoms. The fraction of sp³-hybridized carbons (Fsp3) is 0.150. The minimum absolute atomic E-state index is 0.254. The predicted octanol–water partition coefficient (Wildman–Crippen LogP) is 4.05. The van der Waals surface area contributed by atoms with Gasteiger partial charge < -0.3 is 15.4 Å².